The maximum Gasteiger partial charge on any atom is 0.472 e. The lowest BCUT2D eigenvalue weighted by molar-refractivity contribution is -0.169. The number of aromatic nitrogens is 2. The van der Waals surface area contributed by atoms with Crippen molar-refractivity contribution in [2.24, 2.45) is 12.8 Å². The third kappa shape index (κ3) is 4.88. The van der Waals surface area contributed by atoms with E-state index in [2.05, 4.69) is 5.10 Å². The molecule has 0 saturated heterocycles. The van der Waals surface area contributed by atoms with Crippen molar-refractivity contribution in [1.82, 2.24) is 9.78 Å². The Morgan fingerprint density at radius 3 is 2.55 bits per heavy atom. The van der Waals surface area contributed by atoms with E-state index in [1.807, 2.05) is 0 Å². The van der Waals surface area contributed by atoms with E-state index in [0.717, 1.165) is 13.2 Å². The number of anilines is 2. The highest BCUT2D eigenvalue weighted by Gasteiger charge is 2.45. The van der Waals surface area contributed by atoms with Crippen LogP contribution in [-0.2, 0) is 11.8 Å². The van der Waals surface area contributed by atoms with Crippen LogP contribution in [0.1, 0.15) is 0 Å². The summed E-state index contributed by atoms with van der Waals surface area (Å²) in [4.78, 5) is 12.6. The number of aryl methyl sites for hydroxylation is 1. The highest BCUT2D eigenvalue weighted by molar-refractivity contribution is 6.33. The number of hydrogen-bond acceptors (Lipinski definition) is 5. The van der Waals surface area contributed by atoms with Gasteiger partial charge in [0.1, 0.15) is 12.4 Å². The molecule has 33 heavy (non-hydrogen) atoms. The number of nitrogens with zero attached hydrogens (tertiary/aromatic N) is 3. The summed E-state index contributed by atoms with van der Waals surface area (Å²) in [6.45, 7) is 0.283. The van der Waals surface area contributed by atoms with Crippen molar-refractivity contribution in [2.75, 3.05) is 25.2 Å². The SMILES string of the molecule is COc1cccc(N(C(=O)C(F)(F)F)c2ccc(OCCN)c(-c3c(Cl)cnn3C)c2)c1F. The molecule has 0 aliphatic rings. The Hall–Kier alpha value is -3.31. The van der Waals surface area contributed by atoms with Crippen LogP contribution in [0, 0.1) is 5.82 Å². The van der Waals surface area contributed by atoms with Gasteiger partial charge in [0, 0.05) is 19.2 Å². The number of carbonyl (C=O) groups excluding carboxylic acids is 1. The molecule has 2 aromatic carbocycles. The number of methoxy groups -OCH3 is 1. The van der Waals surface area contributed by atoms with Crippen LogP contribution in [0.4, 0.5) is 28.9 Å². The second-order valence-electron chi connectivity index (χ2n) is 6.71. The number of halogens is 5. The predicted molar refractivity (Wildman–Crippen MR) is 114 cm³/mol. The van der Waals surface area contributed by atoms with E-state index in [4.69, 9.17) is 26.8 Å². The van der Waals surface area contributed by atoms with Gasteiger partial charge in [0.15, 0.2) is 11.6 Å². The Bertz CT molecular complexity index is 1150. The van der Waals surface area contributed by atoms with Gasteiger partial charge in [-0.2, -0.15) is 18.3 Å². The van der Waals surface area contributed by atoms with Crippen LogP contribution in [0.25, 0.3) is 11.3 Å². The molecule has 176 valence electrons. The normalized spacial score (nSPS) is 11.4. The third-order valence-electron chi connectivity index (χ3n) is 4.60. The van der Waals surface area contributed by atoms with Crippen LogP contribution in [0.5, 0.6) is 11.5 Å². The molecule has 0 fully saturated rings. The number of amides is 1. The smallest absolute Gasteiger partial charge is 0.472 e. The summed E-state index contributed by atoms with van der Waals surface area (Å²) < 4.78 is 67.3. The second-order valence-corrected chi connectivity index (χ2v) is 7.12. The molecule has 0 bridgehead atoms. The van der Waals surface area contributed by atoms with Crippen LogP contribution in [0.2, 0.25) is 5.02 Å². The zero-order valence-electron chi connectivity index (χ0n) is 17.5. The lowest BCUT2D eigenvalue weighted by Crippen LogP contribution is -2.38. The van der Waals surface area contributed by atoms with Gasteiger partial charge in [-0.1, -0.05) is 17.7 Å². The van der Waals surface area contributed by atoms with Crippen LogP contribution >= 0.6 is 11.6 Å². The molecule has 0 aliphatic carbocycles. The predicted octanol–water partition coefficient (Wildman–Crippen LogP) is 4.45. The Morgan fingerprint density at radius 1 is 1.24 bits per heavy atom. The average molecular weight is 487 g/mol. The summed E-state index contributed by atoms with van der Waals surface area (Å²) in [5.41, 5.74) is 5.11. The fourth-order valence-corrected chi connectivity index (χ4v) is 3.44. The van der Waals surface area contributed by atoms with E-state index in [9.17, 15) is 22.4 Å². The van der Waals surface area contributed by atoms with Gasteiger partial charge < -0.3 is 15.2 Å². The number of benzene rings is 2. The Balaban J connectivity index is 2.27. The van der Waals surface area contributed by atoms with Crippen molar-refractivity contribution in [3.8, 4) is 22.8 Å². The van der Waals surface area contributed by atoms with Crippen LogP contribution < -0.4 is 20.1 Å². The number of hydrogen-bond donors (Lipinski definition) is 1. The van der Waals surface area contributed by atoms with Crippen LogP contribution in [0.15, 0.2) is 42.6 Å². The topological polar surface area (TPSA) is 82.6 Å². The largest absolute Gasteiger partial charge is 0.494 e. The number of nitrogens with two attached hydrogens (primary N) is 1. The maximum absolute atomic E-state index is 14.9. The summed E-state index contributed by atoms with van der Waals surface area (Å²) in [5.74, 6) is -3.53. The van der Waals surface area contributed by atoms with E-state index < -0.39 is 23.6 Å². The van der Waals surface area contributed by atoms with Gasteiger partial charge in [0.05, 0.1) is 35.4 Å². The Morgan fingerprint density at radius 2 is 1.97 bits per heavy atom. The first kappa shape index (κ1) is 24.3. The molecule has 0 saturated carbocycles. The third-order valence-corrected chi connectivity index (χ3v) is 4.87. The molecule has 0 aliphatic heterocycles. The lowest BCUT2D eigenvalue weighted by atomic mass is 10.1. The molecule has 1 amide bonds. The molecule has 3 aromatic rings. The van der Waals surface area contributed by atoms with Crippen LogP contribution in [0.3, 0.4) is 0 Å². The van der Waals surface area contributed by atoms with Gasteiger partial charge in [-0.25, -0.2) is 4.39 Å². The van der Waals surface area contributed by atoms with Crippen molar-refractivity contribution in [1.29, 1.82) is 0 Å². The first-order valence-electron chi connectivity index (χ1n) is 9.48. The summed E-state index contributed by atoms with van der Waals surface area (Å²) in [6, 6.07) is 7.31. The zero-order valence-corrected chi connectivity index (χ0v) is 18.2. The summed E-state index contributed by atoms with van der Waals surface area (Å²) >= 11 is 6.23. The molecule has 0 spiro atoms. The van der Waals surface area contributed by atoms with Crippen molar-refractivity contribution in [2.45, 2.75) is 6.18 Å². The molecule has 3 rings (SSSR count). The lowest BCUT2D eigenvalue weighted by Gasteiger charge is -2.26. The first-order chi connectivity index (χ1) is 15.6. The summed E-state index contributed by atoms with van der Waals surface area (Å²) in [7, 11) is 2.73. The molecular formula is C21H19ClF4N4O3. The number of carbonyl (C=O) groups is 1. The molecule has 7 nitrogen and oxygen atoms in total. The Kier molecular flexibility index (Phi) is 7.13. The number of ether oxygens (including phenoxy) is 2. The number of rotatable bonds is 7. The minimum atomic E-state index is -5.30. The quantitative estimate of drug-likeness (QED) is 0.499. The fourth-order valence-electron chi connectivity index (χ4n) is 3.17. The first-order valence-corrected chi connectivity index (χ1v) is 9.86. The van der Waals surface area contributed by atoms with E-state index in [1.165, 1.54) is 41.2 Å². The maximum atomic E-state index is 14.9. The minimum Gasteiger partial charge on any atom is -0.494 e. The van der Waals surface area contributed by atoms with Crippen molar-refractivity contribution >= 4 is 28.9 Å². The van der Waals surface area contributed by atoms with Crippen molar-refractivity contribution < 1.29 is 31.8 Å². The zero-order chi connectivity index (χ0) is 24.3. The minimum absolute atomic E-state index is 0.109. The monoisotopic (exact) mass is 486 g/mol. The summed E-state index contributed by atoms with van der Waals surface area (Å²) in [6.07, 6.45) is -3.95. The van der Waals surface area contributed by atoms with Crippen molar-refractivity contribution in [3.05, 3.63) is 53.4 Å². The molecule has 0 unspecified atom stereocenters. The van der Waals surface area contributed by atoms with Gasteiger partial charge in [0.25, 0.3) is 0 Å². The van der Waals surface area contributed by atoms with Gasteiger partial charge in [-0.3, -0.25) is 14.4 Å². The summed E-state index contributed by atoms with van der Waals surface area (Å²) in [5, 5.41) is 4.21. The molecule has 0 atom stereocenters. The number of alkyl halides is 3. The highest BCUT2D eigenvalue weighted by atomic mass is 35.5. The molecular weight excluding hydrogens is 468 g/mol. The van der Waals surface area contributed by atoms with E-state index in [0.29, 0.717) is 5.69 Å². The molecule has 1 aromatic heterocycles. The van der Waals surface area contributed by atoms with Crippen LogP contribution in [-0.4, -0.2) is 42.1 Å². The van der Waals surface area contributed by atoms with Gasteiger partial charge in [-0.05, 0) is 30.3 Å². The average Bonchev–Trinajstić information content (AvgIpc) is 3.11. The van der Waals surface area contributed by atoms with Gasteiger partial charge in [-0.15, -0.1) is 0 Å². The van der Waals surface area contributed by atoms with E-state index in [-0.39, 0.29) is 45.8 Å². The van der Waals surface area contributed by atoms with E-state index >= 15 is 0 Å². The fraction of sp³-hybridized carbons (Fsp3) is 0.238. The standard InChI is InChI=1S/C21H19ClF4N4O3/c1-29-19(14(22)11-28-29)13-10-12(6-7-16(13)33-9-8-27)30(20(31)21(24,25)26)15-4-3-5-17(32-2)18(15)23/h3-7,10-11H,8-9,27H2,1-2H3. The van der Waals surface area contributed by atoms with Crippen molar-refractivity contribution in [3.63, 3.8) is 0 Å². The van der Waals surface area contributed by atoms with E-state index in [1.54, 1.807) is 7.05 Å². The molecule has 12 heteroatoms. The highest BCUT2D eigenvalue weighted by Crippen LogP contribution is 2.41. The molecule has 0 radical (unpaired) electrons. The second kappa shape index (κ2) is 9.67. The van der Waals surface area contributed by atoms with Gasteiger partial charge in [0.2, 0.25) is 0 Å². The van der Waals surface area contributed by atoms with Gasteiger partial charge >= 0.3 is 12.1 Å². The Labute approximate surface area is 191 Å². The molecule has 2 N–H and O–H groups in total. The molecule has 1 heterocycles.